The van der Waals surface area contributed by atoms with Crippen LogP contribution in [0.4, 0.5) is 4.39 Å². The molecule has 2 aromatic rings. The van der Waals surface area contributed by atoms with Crippen molar-refractivity contribution in [1.82, 2.24) is 0 Å². The Bertz CT molecular complexity index is 521. The molecular formula is C15H15FO2. The van der Waals surface area contributed by atoms with Gasteiger partial charge in [0, 0.05) is 11.6 Å². The predicted molar refractivity (Wildman–Crippen MR) is 69.6 cm³/mol. The van der Waals surface area contributed by atoms with Crippen molar-refractivity contribution in [2.75, 3.05) is 13.7 Å². The lowest BCUT2D eigenvalue weighted by atomic mass is 10.0. The van der Waals surface area contributed by atoms with Crippen LogP contribution >= 0.6 is 0 Å². The fourth-order valence-corrected chi connectivity index (χ4v) is 1.76. The van der Waals surface area contributed by atoms with Gasteiger partial charge in [-0.05, 0) is 36.8 Å². The van der Waals surface area contributed by atoms with Gasteiger partial charge < -0.3 is 9.47 Å². The van der Waals surface area contributed by atoms with Crippen LogP contribution in [0.5, 0.6) is 11.5 Å². The summed E-state index contributed by atoms with van der Waals surface area (Å²) in [4.78, 5) is 0. The van der Waals surface area contributed by atoms with Crippen molar-refractivity contribution in [3.05, 3.63) is 48.3 Å². The summed E-state index contributed by atoms with van der Waals surface area (Å²) in [6.45, 7) is 2.40. The Morgan fingerprint density at radius 3 is 2.22 bits per heavy atom. The molecule has 0 aliphatic carbocycles. The van der Waals surface area contributed by atoms with E-state index in [1.165, 1.54) is 6.07 Å². The van der Waals surface area contributed by atoms with Crippen LogP contribution in [0.2, 0.25) is 0 Å². The number of benzene rings is 2. The van der Waals surface area contributed by atoms with E-state index < -0.39 is 0 Å². The first-order chi connectivity index (χ1) is 8.74. The third-order valence-corrected chi connectivity index (χ3v) is 2.65. The van der Waals surface area contributed by atoms with Gasteiger partial charge in [-0.2, -0.15) is 0 Å². The van der Waals surface area contributed by atoms with Crippen molar-refractivity contribution < 1.29 is 13.9 Å². The van der Waals surface area contributed by atoms with E-state index in [-0.39, 0.29) is 5.82 Å². The molecule has 0 aromatic heterocycles. The van der Waals surface area contributed by atoms with Crippen LogP contribution in [0.15, 0.2) is 42.5 Å². The van der Waals surface area contributed by atoms with E-state index in [0.29, 0.717) is 17.9 Å². The quantitative estimate of drug-likeness (QED) is 0.814. The Hall–Kier alpha value is -2.03. The predicted octanol–water partition coefficient (Wildman–Crippen LogP) is 3.90. The smallest absolute Gasteiger partial charge is 0.134 e. The van der Waals surface area contributed by atoms with Gasteiger partial charge in [0.25, 0.3) is 0 Å². The van der Waals surface area contributed by atoms with Crippen LogP contribution < -0.4 is 9.47 Å². The molecule has 0 spiro atoms. The third-order valence-electron chi connectivity index (χ3n) is 2.65. The topological polar surface area (TPSA) is 18.5 Å². The number of rotatable bonds is 4. The van der Waals surface area contributed by atoms with Crippen molar-refractivity contribution in [3.8, 4) is 22.6 Å². The minimum Gasteiger partial charge on any atom is -0.497 e. The minimum absolute atomic E-state index is 0.286. The SMILES string of the molecule is CCOc1ccc(-c2ccc(OC)cc2)c(F)c1. The Kier molecular flexibility index (Phi) is 3.82. The zero-order chi connectivity index (χ0) is 13.0. The van der Waals surface area contributed by atoms with Gasteiger partial charge in [-0.1, -0.05) is 12.1 Å². The summed E-state index contributed by atoms with van der Waals surface area (Å²) in [6.07, 6.45) is 0. The third kappa shape index (κ3) is 2.62. The molecule has 0 bridgehead atoms. The summed E-state index contributed by atoms with van der Waals surface area (Å²) in [5.74, 6) is 1.02. The number of hydrogen-bond donors (Lipinski definition) is 0. The lowest BCUT2D eigenvalue weighted by Gasteiger charge is -2.08. The van der Waals surface area contributed by atoms with Crippen molar-refractivity contribution in [1.29, 1.82) is 0 Å². The van der Waals surface area contributed by atoms with Crippen LogP contribution in [-0.4, -0.2) is 13.7 Å². The normalized spacial score (nSPS) is 10.2. The van der Waals surface area contributed by atoms with E-state index in [0.717, 1.165) is 11.3 Å². The van der Waals surface area contributed by atoms with Crippen LogP contribution in [0.1, 0.15) is 6.92 Å². The maximum absolute atomic E-state index is 13.9. The van der Waals surface area contributed by atoms with E-state index in [9.17, 15) is 4.39 Å². The molecule has 0 N–H and O–H groups in total. The van der Waals surface area contributed by atoms with Crippen LogP contribution in [0.25, 0.3) is 11.1 Å². The largest absolute Gasteiger partial charge is 0.497 e. The van der Waals surface area contributed by atoms with E-state index in [1.807, 2.05) is 31.2 Å². The fourth-order valence-electron chi connectivity index (χ4n) is 1.76. The summed E-state index contributed by atoms with van der Waals surface area (Å²) >= 11 is 0. The zero-order valence-electron chi connectivity index (χ0n) is 10.4. The monoisotopic (exact) mass is 246 g/mol. The first-order valence-corrected chi connectivity index (χ1v) is 5.81. The molecule has 0 atom stereocenters. The number of methoxy groups -OCH3 is 1. The van der Waals surface area contributed by atoms with E-state index >= 15 is 0 Å². The van der Waals surface area contributed by atoms with Gasteiger partial charge in [0.1, 0.15) is 17.3 Å². The molecule has 94 valence electrons. The lowest BCUT2D eigenvalue weighted by Crippen LogP contribution is -1.93. The molecule has 2 rings (SSSR count). The molecule has 0 aliphatic rings. The fraction of sp³-hybridized carbons (Fsp3) is 0.200. The van der Waals surface area contributed by atoms with E-state index in [2.05, 4.69) is 0 Å². The first-order valence-electron chi connectivity index (χ1n) is 5.81. The van der Waals surface area contributed by atoms with Gasteiger partial charge in [0.15, 0.2) is 0 Å². The van der Waals surface area contributed by atoms with Crippen molar-refractivity contribution >= 4 is 0 Å². The second-order valence-corrected chi connectivity index (χ2v) is 3.80. The Morgan fingerprint density at radius 1 is 1.00 bits per heavy atom. The molecule has 2 nitrogen and oxygen atoms in total. The van der Waals surface area contributed by atoms with Gasteiger partial charge in [-0.25, -0.2) is 4.39 Å². The molecule has 0 radical (unpaired) electrons. The standard InChI is InChI=1S/C15H15FO2/c1-3-18-13-8-9-14(15(16)10-13)11-4-6-12(17-2)7-5-11/h4-10H,3H2,1-2H3. The number of hydrogen-bond acceptors (Lipinski definition) is 2. The van der Waals surface area contributed by atoms with Gasteiger partial charge in [-0.3, -0.25) is 0 Å². The average molecular weight is 246 g/mol. The van der Waals surface area contributed by atoms with Crippen LogP contribution in [-0.2, 0) is 0 Å². The van der Waals surface area contributed by atoms with Crippen LogP contribution in [0.3, 0.4) is 0 Å². The number of ether oxygens (including phenoxy) is 2. The second-order valence-electron chi connectivity index (χ2n) is 3.80. The van der Waals surface area contributed by atoms with E-state index in [1.54, 1.807) is 19.2 Å². The molecule has 2 aromatic carbocycles. The highest BCUT2D eigenvalue weighted by Crippen LogP contribution is 2.27. The molecule has 0 aliphatic heterocycles. The maximum Gasteiger partial charge on any atom is 0.134 e. The molecule has 0 heterocycles. The summed E-state index contributed by atoms with van der Waals surface area (Å²) in [7, 11) is 1.60. The molecule has 0 amide bonds. The van der Waals surface area contributed by atoms with Gasteiger partial charge >= 0.3 is 0 Å². The van der Waals surface area contributed by atoms with Crippen molar-refractivity contribution in [3.63, 3.8) is 0 Å². The highest BCUT2D eigenvalue weighted by Gasteiger charge is 2.06. The molecule has 0 fully saturated rings. The van der Waals surface area contributed by atoms with Crippen LogP contribution in [0, 0.1) is 5.82 Å². The van der Waals surface area contributed by atoms with Gasteiger partial charge in [-0.15, -0.1) is 0 Å². The summed E-state index contributed by atoms with van der Waals surface area (Å²) in [5, 5.41) is 0. The molecule has 18 heavy (non-hydrogen) atoms. The zero-order valence-corrected chi connectivity index (χ0v) is 10.4. The Labute approximate surface area is 106 Å². The first kappa shape index (κ1) is 12.4. The summed E-state index contributed by atoms with van der Waals surface area (Å²) < 4.78 is 24.3. The summed E-state index contributed by atoms with van der Waals surface area (Å²) in [6, 6.07) is 12.2. The highest BCUT2D eigenvalue weighted by atomic mass is 19.1. The van der Waals surface area contributed by atoms with E-state index in [4.69, 9.17) is 9.47 Å². The molecular weight excluding hydrogens is 231 g/mol. The molecule has 0 saturated carbocycles. The maximum atomic E-state index is 13.9. The number of halogens is 1. The molecule has 0 saturated heterocycles. The Balaban J connectivity index is 2.32. The average Bonchev–Trinajstić information content (AvgIpc) is 2.40. The Morgan fingerprint density at radius 2 is 1.67 bits per heavy atom. The molecule has 3 heteroatoms. The van der Waals surface area contributed by atoms with Crippen molar-refractivity contribution in [2.45, 2.75) is 6.92 Å². The lowest BCUT2D eigenvalue weighted by molar-refractivity contribution is 0.338. The highest BCUT2D eigenvalue weighted by molar-refractivity contribution is 5.65. The van der Waals surface area contributed by atoms with Crippen molar-refractivity contribution in [2.24, 2.45) is 0 Å². The van der Waals surface area contributed by atoms with Gasteiger partial charge in [0.2, 0.25) is 0 Å². The summed E-state index contributed by atoms with van der Waals surface area (Å²) in [5.41, 5.74) is 1.37. The molecule has 0 unspecified atom stereocenters. The second kappa shape index (κ2) is 5.54. The minimum atomic E-state index is -0.286. The van der Waals surface area contributed by atoms with Gasteiger partial charge in [0.05, 0.1) is 13.7 Å².